The van der Waals surface area contributed by atoms with Crippen LogP contribution in [-0.4, -0.2) is 37.9 Å². The van der Waals surface area contributed by atoms with Crippen molar-refractivity contribution in [3.05, 3.63) is 12.2 Å². The summed E-state index contributed by atoms with van der Waals surface area (Å²) >= 11 is 0. The molecule has 0 atom stereocenters. The number of nitrogens with zero attached hydrogens (tertiary/aromatic N) is 1. The fraction of sp³-hybridized carbons (Fsp3) is 0.571. The van der Waals surface area contributed by atoms with Crippen molar-refractivity contribution < 1.29 is 4.79 Å². The van der Waals surface area contributed by atoms with E-state index in [2.05, 4.69) is 6.58 Å². The lowest BCUT2D eigenvalue weighted by molar-refractivity contribution is -0.105. The van der Waals surface area contributed by atoms with Crippen LogP contribution in [0.3, 0.4) is 0 Å². The van der Waals surface area contributed by atoms with Crippen molar-refractivity contribution in [1.82, 2.24) is 4.90 Å². The molecule has 0 aliphatic carbocycles. The van der Waals surface area contributed by atoms with E-state index in [4.69, 9.17) is 5.73 Å². The van der Waals surface area contributed by atoms with Crippen LogP contribution in [0.15, 0.2) is 12.2 Å². The first kappa shape index (κ1) is 9.33. The van der Waals surface area contributed by atoms with Gasteiger partial charge in [-0.25, -0.2) is 0 Å². The van der Waals surface area contributed by atoms with Gasteiger partial charge in [0.15, 0.2) is 0 Å². The van der Waals surface area contributed by atoms with Gasteiger partial charge in [-0.2, -0.15) is 0 Å². The fourth-order valence-electron chi connectivity index (χ4n) is 0.683. The van der Waals surface area contributed by atoms with E-state index in [0.29, 0.717) is 18.7 Å². The SMILES string of the molecule is C=C(C=O)CN(C)CCN. The van der Waals surface area contributed by atoms with Crippen LogP contribution in [0.1, 0.15) is 0 Å². The van der Waals surface area contributed by atoms with Crippen molar-refractivity contribution >= 4 is 6.29 Å². The lowest BCUT2D eigenvalue weighted by atomic mass is 10.3. The molecule has 0 saturated heterocycles. The van der Waals surface area contributed by atoms with Crippen LogP contribution in [0.25, 0.3) is 0 Å². The number of aldehydes is 1. The Hall–Kier alpha value is -0.670. The average Bonchev–Trinajstić information content (AvgIpc) is 1.88. The number of likely N-dealkylation sites (N-methyl/N-ethyl adjacent to an activating group) is 1. The third kappa shape index (κ3) is 4.23. The highest BCUT2D eigenvalue weighted by molar-refractivity contribution is 5.72. The summed E-state index contributed by atoms with van der Waals surface area (Å²) in [4.78, 5) is 12.0. The predicted molar refractivity (Wildman–Crippen MR) is 41.8 cm³/mol. The Kier molecular flexibility index (Phi) is 4.80. The summed E-state index contributed by atoms with van der Waals surface area (Å²) in [5.41, 5.74) is 5.88. The monoisotopic (exact) mass is 142 g/mol. The van der Waals surface area contributed by atoms with Gasteiger partial charge in [-0.3, -0.25) is 4.79 Å². The molecule has 0 aromatic rings. The van der Waals surface area contributed by atoms with E-state index in [1.807, 2.05) is 11.9 Å². The molecule has 0 radical (unpaired) electrons. The molecule has 0 saturated carbocycles. The van der Waals surface area contributed by atoms with Gasteiger partial charge in [-0.1, -0.05) is 6.58 Å². The van der Waals surface area contributed by atoms with Crippen molar-refractivity contribution in [3.8, 4) is 0 Å². The molecule has 3 heteroatoms. The summed E-state index contributed by atoms with van der Waals surface area (Å²) in [7, 11) is 1.90. The smallest absolute Gasteiger partial charge is 0.146 e. The summed E-state index contributed by atoms with van der Waals surface area (Å²) in [6.45, 7) is 5.57. The maximum absolute atomic E-state index is 10.1. The second kappa shape index (κ2) is 5.14. The molecule has 0 rings (SSSR count). The number of carbonyl (C=O) groups excluding carboxylic acids is 1. The summed E-state index contributed by atoms with van der Waals surface area (Å²) in [6, 6.07) is 0. The molecule has 0 fully saturated rings. The standard InChI is InChI=1S/C7H14N2O/c1-7(6-10)5-9(2)4-3-8/h6H,1,3-5,8H2,2H3. The van der Waals surface area contributed by atoms with E-state index in [0.717, 1.165) is 12.8 Å². The lowest BCUT2D eigenvalue weighted by Gasteiger charge is -2.13. The van der Waals surface area contributed by atoms with Crippen LogP contribution >= 0.6 is 0 Å². The second-order valence-electron chi connectivity index (χ2n) is 2.30. The molecule has 0 spiro atoms. The summed E-state index contributed by atoms with van der Waals surface area (Å²) in [5.74, 6) is 0. The Morgan fingerprint density at radius 3 is 2.80 bits per heavy atom. The normalized spacial score (nSPS) is 9.90. The van der Waals surface area contributed by atoms with Gasteiger partial charge in [0.05, 0.1) is 0 Å². The zero-order chi connectivity index (χ0) is 7.98. The van der Waals surface area contributed by atoms with Gasteiger partial charge in [0, 0.05) is 19.6 Å². The van der Waals surface area contributed by atoms with Crippen LogP contribution in [0.2, 0.25) is 0 Å². The highest BCUT2D eigenvalue weighted by atomic mass is 16.1. The minimum absolute atomic E-state index is 0.593. The molecular formula is C7H14N2O. The maximum Gasteiger partial charge on any atom is 0.146 e. The number of hydrogen-bond acceptors (Lipinski definition) is 3. The van der Waals surface area contributed by atoms with E-state index >= 15 is 0 Å². The van der Waals surface area contributed by atoms with Crippen molar-refractivity contribution in [2.75, 3.05) is 26.7 Å². The molecule has 0 heterocycles. The third-order valence-electron chi connectivity index (χ3n) is 1.15. The van der Waals surface area contributed by atoms with Crippen molar-refractivity contribution in [3.63, 3.8) is 0 Å². The van der Waals surface area contributed by atoms with Crippen molar-refractivity contribution in [2.24, 2.45) is 5.73 Å². The molecule has 0 aliphatic rings. The van der Waals surface area contributed by atoms with Gasteiger partial charge in [0.1, 0.15) is 6.29 Å². The van der Waals surface area contributed by atoms with E-state index in [-0.39, 0.29) is 0 Å². The summed E-state index contributed by atoms with van der Waals surface area (Å²) in [6.07, 6.45) is 0.771. The number of rotatable bonds is 5. The van der Waals surface area contributed by atoms with Crippen LogP contribution in [0.5, 0.6) is 0 Å². The molecular weight excluding hydrogens is 128 g/mol. The maximum atomic E-state index is 10.1. The first-order valence-electron chi connectivity index (χ1n) is 3.22. The molecule has 0 unspecified atom stereocenters. The first-order chi connectivity index (χ1) is 4.70. The van der Waals surface area contributed by atoms with Crippen molar-refractivity contribution in [2.45, 2.75) is 0 Å². The topological polar surface area (TPSA) is 46.3 Å². The Morgan fingerprint density at radius 2 is 2.40 bits per heavy atom. The molecule has 10 heavy (non-hydrogen) atoms. The summed E-state index contributed by atoms with van der Waals surface area (Å²) in [5, 5.41) is 0. The predicted octanol–water partition coefficient (Wildman–Crippen LogP) is -0.368. The Balaban J connectivity index is 3.46. The highest BCUT2D eigenvalue weighted by Crippen LogP contribution is 1.88. The van der Waals surface area contributed by atoms with Gasteiger partial charge < -0.3 is 10.6 Å². The van der Waals surface area contributed by atoms with Gasteiger partial charge >= 0.3 is 0 Å². The Morgan fingerprint density at radius 1 is 1.80 bits per heavy atom. The average molecular weight is 142 g/mol. The Bertz CT molecular complexity index is 123. The minimum Gasteiger partial charge on any atom is -0.329 e. The molecule has 58 valence electrons. The third-order valence-corrected chi connectivity index (χ3v) is 1.15. The largest absolute Gasteiger partial charge is 0.329 e. The van der Waals surface area contributed by atoms with Gasteiger partial charge in [0.25, 0.3) is 0 Å². The van der Waals surface area contributed by atoms with Crippen molar-refractivity contribution in [1.29, 1.82) is 0 Å². The fourth-order valence-corrected chi connectivity index (χ4v) is 0.683. The van der Waals surface area contributed by atoms with Gasteiger partial charge in [-0.15, -0.1) is 0 Å². The first-order valence-corrected chi connectivity index (χ1v) is 3.22. The molecule has 0 amide bonds. The highest BCUT2D eigenvalue weighted by Gasteiger charge is 1.97. The van der Waals surface area contributed by atoms with E-state index in [1.54, 1.807) is 0 Å². The van der Waals surface area contributed by atoms with Crippen LogP contribution in [-0.2, 0) is 4.79 Å². The molecule has 0 aromatic heterocycles. The Labute approximate surface area is 61.5 Å². The number of carbonyl (C=O) groups is 1. The molecule has 0 bridgehead atoms. The number of nitrogens with two attached hydrogens (primary N) is 1. The van der Waals surface area contributed by atoms with Gasteiger partial charge in [-0.05, 0) is 12.6 Å². The second-order valence-corrected chi connectivity index (χ2v) is 2.30. The quantitative estimate of drug-likeness (QED) is 0.421. The lowest BCUT2D eigenvalue weighted by Crippen LogP contribution is -2.27. The van der Waals surface area contributed by atoms with Crippen LogP contribution < -0.4 is 5.73 Å². The number of hydrogen-bond donors (Lipinski definition) is 1. The molecule has 0 aliphatic heterocycles. The molecule has 2 N–H and O–H groups in total. The van der Waals surface area contributed by atoms with Crippen LogP contribution in [0.4, 0.5) is 0 Å². The molecule has 3 nitrogen and oxygen atoms in total. The zero-order valence-corrected chi connectivity index (χ0v) is 6.34. The summed E-state index contributed by atoms with van der Waals surface area (Å²) < 4.78 is 0. The minimum atomic E-state index is 0.593. The van der Waals surface area contributed by atoms with Crippen LogP contribution in [0, 0.1) is 0 Å². The van der Waals surface area contributed by atoms with E-state index < -0.39 is 0 Å². The van der Waals surface area contributed by atoms with E-state index in [9.17, 15) is 4.79 Å². The zero-order valence-electron chi connectivity index (χ0n) is 6.34. The molecule has 0 aromatic carbocycles. The van der Waals surface area contributed by atoms with Gasteiger partial charge in [0.2, 0.25) is 0 Å². The van der Waals surface area contributed by atoms with E-state index in [1.165, 1.54) is 0 Å².